The van der Waals surface area contributed by atoms with Crippen molar-refractivity contribution in [3.63, 3.8) is 0 Å². The minimum absolute atomic E-state index is 0.105. The van der Waals surface area contributed by atoms with Gasteiger partial charge >= 0.3 is 12.6 Å². The first-order valence-electron chi connectivity index (χ1n) is 8.08. The highest BCUT2D eigenvalue weighted by atomic mass is 32.1. The normalized spacial score (nSPS) is 13.2. The standard InChI is InChI=1S/C18H17F2NO4S/c1-24-17(23)14-12-7-2-3-8-13(12)26-16(14)21-15(22)10-5-4-6-11(9-10)25-18(19)20/h4-6,9,18H,2-3,7-8H2,1H3,(H,21,22). The molecule has 1 aromatic carbocycles. The van der Waals surface area contributed by atoms with Gasteiger partial charge < -0.3 is 14.8 Å². The summed E-state index contributed by atoms with van der Waals surface area (Å²) in [4.78, 5) is 25.8. The van der Waals surface area contributed by atoms with Gasteiger partial charge in [-0.3, -0.25) is 4.79 Å². The third kappa shape index (κ3) is 3.85. The number of methoxy groups -OCH3 is 1. The maximum absolute atomic E-state index is 12.5. The maximum Gasteiger partial charge on any atom is 0.387 e. The molecule has 0 bridgehead atoms. The van der Waals surface area contributed by atoms with Crippen molar-refractivity contribution in [3.05, 3.63) is 45.8 Å². The number of thiophene rings is 1. The third-order valence-corrected chi connectivity index (χ3v) is 5.32. The van der Waals surface area contributed by atoms with Gasteiger partial charge in [-0.1, -0.05) is 6.07 Å². The zero-order chi connectivity index (χ0) is 18.7. The number of carbonyl (C=O) groups excluding carboxylic acids is 2. The molecule has 0 saturated carbocycles. The van der Waals surface area contributed by atoms with Crippen molar-refractivity contribution < 1.29 is 27.8 Å². The lowest BCUT2D eigenvalue weighted by molar-refractivity contribution is -0.0498. The quantitative estimate of drug-likeness (QED) is 0.786. The van der Waals surface area contributed by atoms with Gasteiger partial charge in [0.05, 0.1) is 12.7 Å². The number of aryl methyl sites for hydroxylation is 1. The van der Waals surface area contributed by atoms with Crippen molar-refractivity contribution >= 4 is 28.2 Å². The van der Waals surface area contributed by atoms with Crippen LogP contribution >= 0.6 is 11.3 Å². The molecule has 0 spiro atoms. The highest BCUT2D eigenvalue weighted by Crippen LogP contribution is 2.38. The average Bonchev–Trinajstić information content (AvgIpc) is 2.98. The Kier molecular flexibility index (Phi) is 5.51. The smallest absolute Gasteiger partial charge is 0.387 e. The molecule has 8 heteroatoms. The molecule has 0 fully saturated rings. The van der Waals surface area contributed by atoms with Gasteiger partial charge in [0.2, 0.25) is 0 Å². The fourth-order valence-corrected chi connectivity index (χ4v) is 4.23. The Morgan fingerprint density at radius 2 is 2.00 bits per heavy atom. The molecule has 3 rings (SSSR count). The summed E-state index contributed by atoms with van der Waals surface area (Å²) in [7, 11) is 1.30. The van der Waals surface area contributed by atoms with Gasteiger partial charge in [-0.05, 0) is 49.4 Å². The van der Waals surface area contributed by atoms with Crippen molar-refractivity contribution in [3.8, 4) is 5.75 Å². The van der Waals surface area contributed by atoms with Gasteiger partial charge in [-0.2, -0.15) is 8.78 Å². The monoisotopic (exact) mass is 381 g/mol. The lowest BCUT2D eigenvalue weighted by Gasteiger charge is -2.12. The lowest BCUT2D eigenvalue weighted by Crippen LogP contribution is -2.15. The molecule has 138 valence electrons. The molecule has 0 saturated heterocycles. The summed E-state index contributed by atoms with van der Waals surface area (Å²) < 4.78 is 33.9. The molecule has 26 heavy (non-hydrogen) atoms. The molecular weight excluding hydrogens is 364 g/mol. The van der Waals surface area contributed by atoms with E-state index in [9.17, 15) is 18.4 Å². The van der Waals surface area contributed by atoms with Crippen molar-refractivity contribution in [1.29, 1.82) is 0 Å². The van der Waals surface area contributed by atoms with E-state index in [0.717, 1.165) is 36.1 Å². The molecule has 5 nitrogen and oxygen atoms in total. The molecule has 1 heterocycles. The van der Waals surface area contributed by atoms with Crippen LogP contribution in [0.3, 0.4) is 0 Å². The number of rotatable bonds is 5. The zero-order valence-corrected chi connectivity index (χ0v) is 14.8. The molecule has 1 aromatic heterocycles. The molecule has 1 N–H and O–H groups in total. The molecule has 0 atom stereocenters. The van der Waals surface area contributed by atoms with Crippen molar-refractivity contribution in [1.82, 2.24) is 0 Å². The molecule has 0 radical (unpaired) electrons. The number of alkyl halides is 2. The predicted molar refractivity (Wildman–Crippen MR) is 93.3 cm³/mol. The van der Waals surface area contributed by atoms with Crippen LogP contribution in [0.4, 0.5) is 13.8 Å². The number of fused-ring (bicyclic) bond motifs is 1. The number of hydrogen-bond acceptors (Lipinski definition) is 5. The highest BCUT2D eigenvalue weighted by Gasteiger charge is 2.27. The van der Waals surface area contributed by atoms with Gasteiger partial charge in [-0.15, -0.1) is 11.3 Å². The minimum Gasteiger partial charge on any atom is -0.465 e. The molecule has 0 unspecified atom stereocenters. The molecular formula is C18H17F2NO4S. The summed E-state index contributed by atoms with van der Waals surface area (Å²) >= 11 is 1.36. The second-order valence-corrected chi connectivity index (χ2v) is 6.87. The van der Waals surface area contributed by atoms with Crippen LogP contribution in [0.15, 0.2) is 24.3 Å². The van der Waals surface area contributed by atoms with Crippen LogP contribution < -0.4 is 10.1 Å². The van der Waals surface area contributed by atoms with Crippen LogP contribution in [0, 0.1) is 0 Å². The number of amides is 1. The first-order chi connectivity index (χ1) is 12.5. The van der Waals surface area contributed by atoms with E-state index in [1.54, 1.807) is 0 Å². The fourth-order valence-electron chi connectivity index (χ4n) is 2.96. The van der Waals surface area contributed by atoms with E-state index in [4.69, 9.17) is 4.74 Å². The Labute approximate surface area is 152 Å². The largest absolute Gasteiger partial charge is 0.465 e. The van der Waals surface area contributed by atoms with Crippen LogP contribution in [0.25, 0.3) is 0 Å². The summed E-state index contributed by atoms with van der Waals surface area (Å²) in [6.45, 7) is -2.97. The minimum atomic E-state index is -2.97. The van der Waals surface area contributed by atoms with Gasteiger partial charge in [-0.25, -0.2) is 4.79 Å². The van der Waals surface area contributed by atoms with Crippen molar-refractivity contribution in [2.45, 2.75) is 32.3 Å². The number of hydrogen-bond donors (Lipinski definition) is 1. The summed E-state index contributed by atoms with van der Waals surface area (Å²) in [5.41, 5.74) is 1.48. The Morgan fingerprint density at radius 3 is 2.73 bits per heavy atom. The van der Waals surface area contributed by atoms with Crippen LogP contribution in [0.1, 0.15) is 44.0 Å². The van der Waals surface area contributed by atoms with Crippen LogP contribution in [0.5, 0.6) is 5.75 Å². The van der Waals surface area contributed by atoms with Gasteiger partial charge in [0.15, 0.2) is 0 Å². The SMILES string of the molecule is COC(=O)c1c(NC(=O)c2cccc(OC(F)F)c2)sc2c1CCCC2. The fraction of sp³-hybridized carbons (Fsp3) is 0.333. The van der Waals surface area contributed by atoms with E-state index in [1.807, 2.05) is 0 Å². The number of carbonyl (C=O) groups is 2. The molecule has 1 amide bonds. The molecule has 2 aromatic rings. The number of esters is 1. The summed E-state index contributed by atoms with van der Waals surface area (Å²) in [5, 5.41) is 3.14. The first kappa shape index (κ1) is 18.3. The van der Waals surface area contributed by atoms with E-state index < -0.39 is 18.5 Å². The number of anilines is 1. The second kappa shape index (κ2) is 7.82. The van der Waals surface area contributed by atoms with Gasteiger partial charge in [0.1, 0.15) is 10.8 Å². The molecule has 1 aliphatic carbocycles. The van der Waals surface area contributed by atoms with E-state index in [0.29, 0.717) is 10.6 Å². The molecule has 1 aliphatic rings. The van der Waals surface area contributed by atoms with E-state index in [2.05, 4.69) is 10.1 Å². The van der Waals surface area contributed by atoms with Crippen LogP contribution in [0.2, 0.25) is 0 Å². The van der Waals surface area contributed by atoms with Crippen LogP contribution in [-0.4, -0.2) is 25.6 Å². The number of halogens is 2. The third-order valence-electron chi connectivity index (χ3n) is 4.11. The Hall–Kier alpha value is -2.48. The Morgan fingerprint density at radius 1 is 1.23 bits per heavy atom. The Bertz CT molecular complexity index is 835. The second-order valence-electron chi connectivity index (χ2n) is 5.77. The molecule has 0 aliphatic heterocycles. The van der Waals surface area contributed by atoms with E-state index in [1.165, 1.54) is 42.7 Å². The maximum atomic E-state index is 12.5. The van der Waals surface area contributed by atoms with Crippen molar-refractivity contribution in [2.75, 3.05) is 12.4 Å². The topological polar surface area (TPSA) is 64.6 Å². The van der Waals surface area contributed by atoms with E-state index >= 15 is 0 Å². The van der Waals surface area contributed by atoms with Crippen LogP contribution in [-0.2, 0) is 17.6 Å². The Balaban J connectivity index is 1.88. The average molecular weight is 381 g/mol. The number of ether oxygens (including phenoxy) is 2. The van der Waals surface area contributed by atoms with Gasteiger partial charge in [0.25, 0.3) is 5.91 Å². The van der Waals surface area contributed by atoms with E-state index in [-0.39, 0.29) is 11.3 Å². The lowest BCUT2D eigenvalue weighted by atomic mass is 9.95. The predicted octanol–water partition coefficient (Wildman–Crippen LogP) is 4.27. The van der Waals surface area contributed by atoms with Crippen molar-refractivity contribution in [2.24, 2.45) is 0 Å². The summed E-state index contributed by atoms with van der Waals surface area (Å²) in [6, 6.07) is 5.51. The number of nitrogens with one attached hydrogen (secondary N) is 1. The van der Waals surface area contributed by atoms with Gasteiger partial charge in [0, 0.05) is 10.4 Å². The summed E-state index contributed by atoms with van der Waals surface area (Å²) in [6.07, 6.45) is 3.64. The summed E-state index contributed by atoms with van der Waals surface area (Å²) in [5.74, 6) is -1.10. The highest BCUT2D eigenvalue weighted by molar-refractivity contribution is 7.17. The first-order valence-corrected chi connectivity index (χ1v) is 8.90. The zero-order valence-electron chi connectivity index (χ0n) is 14.0. The number of benzene rings is 1.